The van der Waals surface area contributed by atoms with Crippen LogP contribution in [0.1, 0.15) is 29.1 Å². The highest BCUT2D eigenvalue weighted by atomic mass is 32.1. The molecule has 0 radical (unpaired) electrons. The highest BCUT2D eigenvalue weighted by molar-refractivity contribution is 7.21. The van der Waals surface area contributed by atoms with Crippen LogP contribution in [0.4, 0.5) is 5.69 Å². The van der Waals surface area contributed by atoms with Crippen LogP contribution in [0, 0.1) is 6.92 Å². The fourth-order valence-corrected chi connectivity index (χ4v) is 3.44. The lowest BCUT2D eigenvalue weighted by molar-refractivity contribution is 0.0674. The molecule has 0 saturated heterocycles. The molecule has 4 nitrogen and oxygen atoms in total. The fourth-order valence-electron chi connectivity index (χ4n) is 2.25. The van der Waals surface area contributed by atoms with E-state index in [0.29, 0.717) is 36.9 Å². The fraction of sp³-hybridized carbons (Fsp3) is 0.438. The van der Waals surface area contributed by atoms with E-state index >= 15 is 0 Å². The number of amides is 1. The van der Waals surface area contributed by atoms with E-state index in [4.69, 9.17) is 10.5 Å². The number of likely N-dealkylation sites (N-methyl/N-ethyl adjacent to an activating group) is 1. The third-order valence-corrected chi connectivity index (χ3v) is 4.61. The maximum absolute atomic E-state index is 12.6. The predicted octanol–water partition coefficient (Wildman–Crippen LogP) is 3.29. The zero-order valence-electron chi connectivity index (χ0n) is 12.8. The first-order valence-corrected chi connectivity index (χ1v) is 8.05. The quantitative estimate of drug-likeness (QED) is 0.833. The molecule has 0 bridgehead atoms. The summed E-state index contributed by atoms with van der Waals surface area (Å²) in [5.74, 6) is -0.00597. The van der Waals surface area contributed by atoms with Crippen molar-refractivity contribution in [2.24, 2.45) is 0 Å². The van der Waals surface area contributed by atoms with E-state index < -0.39 is 0 Å². The Hall–Kier alpha value is -1.59. The molecular weight excluding hydrogens is 284 g/mol. The van der Waals surface area contributed by atoms with Gasteiger partial charge in [-0.25, -0.2) is 0 Å². The molecule has 0 aliphatic carbocycles. The van der Waals surface area contributed by atoms with Crippen molar-refractivity contribution < 1.29 is 9.53 Å². The lowest BCUT2D eigenvalue weighted by Crippen LogP contribution is -2.33. The van der Waals surface area contributed by atoms with Crippen molar-refractivity contribution >= 4 is 33.0 Å². The van der Waals surface area contributed by atoms with Gasteiger partial charge in [0, 0.05) is 29.8 Å². The molecule has 21 heavy (non-hydrogen) atoms. The van der Waals surface area contributed by atoms with Crippen LogP contribution in [0.2, 0.25) is 0 Å². The molecule has 1 aromatic carbocycles. The zero-order valence-corrected chi connectivity index (χ0v) is 13.6. The van der Waals surface area contributed by atoms with Crippen molar-refractivity contribution in [2.45, 2.75) is 20.8 Å². The molecule has 1 amide bonds. The van der Waals surface area contributed by atoms with E-state index in [0.717, 1.165) is 10.1 Å². The van der Waals surface area contributed by atoms with Crippen molar-refractivity contribution in [1.29, 1.82) is 0 Å². The number of nitrogen functional groups attached to an aromatic ring is 1. The molecule has 2 N–H and O–H groups in total. The van der Waals surface area contributed by atoms with Crippen LogP contribution in [-0.2, 0) is 4.74 Å². The second-order valence-electron chi connectivity index (χ2n) is 4.93. The number of carbonyl (C=O) groups excluding carboxylic acids is 1. The topological polar surface area (TPSA) is 55.6 Å². The number of thiophene rings is 1. The van der Waals surface area contributed by atoms with E-state index in [-0.39, 0.29) is 5.91 Å². The number of hydrogen-bond donors (Lipinski definition) is 1. The van der Waals surface area contributed by atoms with E-state index in [1.807, 2.05) is 32.9 Å². The third kappa shape index (κ3) is 3.36. The van der Waals surface area contributed by atoms with Gasteiger partial charge in [0.2, 0.25) is 0 Å². The molecule has 0 aliphatic heterocycles. The van der Waals surface area contributed by atoms with Crippen molar-refractivity contribution in [3.63, 3.8) is 0 Å². The van der Waals surface area contributed by atoms with Gasteiger partial charge in [-0.2, -0.15) is 0 Å². The average molecular weight is 306 g/mol. The van der Waals surface area contributed by atoms with Crippen molar-refractivity contribution in [3.05, 3.63) is 28.6 Å². The first-order valence-electron chi connectivity index (χ1n) is 7.24. The summed E-state index contributed by atoms with van der Waals surface area (Å²) < 4.78 is 6.40. The molecule has 0 unspecified atom stereocenters. The Morgan fingerprint density at radius 3 is 2.81 bits per heavy atom. The number of benzene rings is 1. The van der Waals surface area contributed by atoms with Crippen molar-refractivity contribution in [3.8, 4) is 0 Å². The Morgan fingerprint density at radius 2 is 2.14 bits per heavy atom. The number of fused-ring (bicyclic) bond motifs is 1. The van der Waals surface area contributed by atoms with Gasteiger partial charge >= 0.3 is 0 Å². The normalized spacial score (nSPS) is 11.0. The van der Waals surface area contributed by atoms with E-state index in [9.17, 15) is 4.79 Å². The lowest BCUT2D eigenvalue weighted by atomic mass is 10.1. The highest BCUT2D eigenvalue weighted by Crippen LogP contribution is 2.34. The molecule has 1 heterocycles. The van der Waals surface area contributed by atoms with Crippen LogP contribution in [0.3, 0.4) is 0 Å². The molecule has 0 aliphatic rings. The highest BCUT2D eigenvalue weighted by Gasteiger charge is 2.21. The van der Waals surface area contributed by atoms with E-state index in [1.165, 1.54) is 16.9 Å². The number of ether oxygens (including phenoxy) is 1. The molecular formula is C16H22N2O2S. The van der Waals surface area contributed by atoms with Gasteiger partial charge in [0.15, 0.2) is 0 Å². The molecule has 0 saturated carbocycles. The maximum atomic E-state index is 12.6. The van der Waals surface area contributed by atoms with Gasteiger partial charge in [0.05, 0.1) is 12.3 Å². The second kappa shape index (κ2) is 6.91. The van der Waals surface area contributed by atoms with Gasteiger partial charge in [-0.05, 0) is 32.4 Å². The third-order valence-electron chi connectivity index (χ3n) is 3.46. The number of rotatable bonds is 6. The zero-order chi connectivity index (χ0) is 15.4. The monoisotopic (exact) mass is 306 g/mol. The Bertz CT molecular complexity index is 636. The van der Waals surface area contributed by atoms with Crippen molar-refractivity contribution in [2.75, 3.05) is 32.0 Å². The number of nitrogens with two attached hydrogens (primary N) is 1. The predicted molar refractivity (Wildman–Crippen MR) is 89.0 cm³/mol. The Balaban J connectivity index is 2.27. The minimum atomic E-state index is -0.00597. The molecule has 0 spiro atoms. The summed E-state index contributed by atoms with van der Waals surface area (Å²) in [5, 5.41) is 0.967. The van der Waals surface area contributed by atoms with Gasteiger partial charge in [-0.3, -0.25) is 4.79 Å². The SMILES string of the molecule is CCOCCN(CC)C(=O)c1sc2cc(C)ccc2c1N. The molecule has 2 aromatic rings. The lowest BCUT2D eigenvalue weighted by Gasteiger charge is -2.20. The van der Waals surface area contributed by atoms with Gasteiger partial charge in [-0.1, -0.05) is 12.1 Å². The summed E-state index contributed by atoms with van der Waals surface area (Å²) in [6, 6.07) is 6.08. The molecule has 1 aromatic heterocycles. The van der Waals surface area contributed by atoms with Gasteiger partial charge in [0.1, 0.15) is 4.88 Å². The molecule has 0 fully saturated rings. The first kappa shape index (κ1) is 15.8. The van der Waals surface area contributed by atoms with Crippen LogP contribution >= 0.6 is 11.3 Å². The number of anilines is 1. The van der Waals surface area contributed by atoms with Crippen LogP contribution in [0.25, 0.3) is 10.1 Å². The largest absolute Gasteiger partial charge is 0.397 e. The van der Waals surface area contributed by atoms with Gasteiger partial charge in [0.25, 0.3) is 5.91 Å². The molecule has 5 heteroatoms. The number of aryl methyl sites for hydroxylation is 1. The number of carbonyl (C=O) groups is 1. The summed E-state index contributed by atoms with van der Waals surface area (Å²) in [6.45, 7) is 8.42. The van der Waals surface area contributed by atoms with Crippen molar-refractivity contribution in [1.82, 2.24) is 4.90 Å². The summed E-state index contributed by atoms with van der Waals surface area (Å²) in [7, 11) is 0. The summed E-state index contributed by atoms with van der Waals surface area (Å²) in [6.07, 6.45) is 0. The van der Waals surface area contributed by atoms with Crippen LogP contribution in [-0.4, -0.2) is 37.1 Å². The Morgan fingerprint density at radius 1 is 1.38 bits per heavy atom. The second-order valence-corrected chi connectivity index (χ2v) is 5.98. The standard InChI is InChI=1S/C16H22N2O2S/c1-4-18(8-9-20-5-2)16(19)15-14(17)12-7-6-11(3)10-13(12)21-15/h6-7,10H,4-5,8-9,17H2,1-3H3. The average Bonchev–Trinajstić information content (AvgIpc) is 2.79. The Labute approximate surface area is 129 Å². The molecule has 0 atom stereocenters. The molecule has 2 rings (SSSR count). The number of hydrogen-bond acceptors (Lipinski definition) is 4. The minimum absolute atomic E-state index is 0.00597. The summed E-state index contributed by atoms with van der Waals surface area (Å²) in [4.78, 5) is 15.1. The van der Waals surface area contributed by atoms with Gasteiger partial charge in [-0.15, -0.1) is 11.3 Å². The van der Waals surface area contributed by atoms with E-state index in [1.54, 1.807) is 4.90 Å². The van der Waals surface area contributed by atoms with Crippen LogP contribution < -0.4 is 5.73 Å². The van der Waals surface area contributed by atoms with Crippen LogP contribution in [0.15, 0.2) is 18.2 Å². The molecule has 114 valence electrons. The first-order chi connectivity index (χ1) is 10.1. The maximum Gasteiger partial charge on any atom is 0.266 e. The van der Waals surface area contributed by atoms with E-state index in [2.05, 4.69) is 6.07 Å². The van der Waals surface area contributed by atoms with Gasteiger partial charge < -0.3 is 15.4 Å². The smallest absolute Gasteiger partial charge is 0.266 e. The number of nitrogens with zero attached hydrogens (tertiary/aromatic N) is 1. The summed E-state index contributed by atoms with van der Waals surface area (Å²) >= 11 is 1.47. The Kier molecular flexibility index (Phi) is 5.20. The minimum Gasteiger partial charge on any atom is -0.397 e. The van der Waals surface area contributed by atoms with Crippen LogP contribution in [0.5, 0.6) is 0 Å². The summed E-state index contributed by atoms with van der Waals surface area (Å²) in [5.41, 5.74) is 7.93.